The molecule has 0 fully saturated rings. The number of rotatable bonds is 9. The van der Waals surface area contributed by atoms with Crippen LogP contribution in [-0.4, -0.2) is 50.2 Å². The molecule has 2 aromatic rings. The lowest BCUT2D eigenvalue weighted by atomic mass is 10.2. The molecule has 2 amide bonds. The molecule has 31 heavy (non-hydrogen) atoms. The van der Waals surface area contributed by atoms with Crippen LogP contribution in [0, 0.1) is 0 Å². The van der Waals surface area contributed by atoms with E-state index in [9.17, 15) is 22.8 Å². The molecule has 2 aromatic carbocycles. The number of sulfonamides is 1. The molecule has 0 aromatic heterocycles. The first kappa shape index (κ1) is 24.0. The molecule has 0 heterocycles. The Labute approximate surface area is 181 Å². The van der Waals surface area contributed by atoms with Crippen LogP contribution >= 0.6 is 0 Å². The Kier molecular flexibility index (Phi) is 8.29. The van der Waals surface area contributed by atoms with E-state index in [-0.39, 0.29) is 36.1 Å². The zero-order valence-electron chi connectivity index (χ0n) is 17.5. The van der Waals surface area contributed by atoms with Gasteiger partial charge in [-0.25, -0.2) is 13.2 Å². The first-order valence-corrected chi connectivity index (χ1v) is 11.1. The quantitative estimate of drug-likeness (QED) is 0.570. The van der Waals surface area contributed by atoms with Gasteiger partial charge >= 0.3 is 5.97 Å². The fraction of sp³-hybridized carbons (Fsp3) is 0.286. The van der Waals surface area contributed by atoms with E-state index in [1.165, 1.54) is 31.2 Å². The maximum absolute atomic E-state index is 12.9. The number of carbonyl (C=O) groups is 3. The second-order valence-electron chi connectivity index (χ2n) is 6.48. The van der Waals surface area contributed by atoms with Crippen molar-refractivity contribution in [2.75, 3.05) is 30.3 Å². The number of benzene rings is 2. The van der Waals surface area contributed by atoms with Gasteiger partial charge < -0.3 is 15.4 Å². The zero-order valence-corrected chi connectivity index (χ0v) is 18.4. The Morgan fingerprint density at radius 2 is 1.45 bits per heavy atom. The van der Waals surface area contributed by atoms with Crippen molar-refractivity contribution in [3.05, 3.63) is 54.1 Å². The van der Waals surface area contributed by atoms with Crippen LogP contribution in [0.25, 0.3) is 0 Å². The van der Waals surface area contributed by atoms with E-state index >= 15 is 0 Å². The number of nitrogens with zero attached hydrogens (tertiary/aromatic N) is 1. The molecule has 0 aliphatic heterocycles. The summed E-state index contributed by atoms with van der Waals surface area (Å²) in [6.07, 6.45) is 0. The van der Waals surface area contributed by atoms with Crippen molar-refractivity contribution in [2.45, 2.75) is 25.7 Å². The molecule has 0 radical (unpaired) electrons. The molecule has 166 valence electrons. The second-order valence-corrected chi connectivity index (χ2v) is 8.42. The number of likely N-dealkylation sites (N-methyl/N-ethyl adjacent to an activating group) is 1. The Morgan fingerprint density at radius 1 is 0.903 bits per heavy atom. The lowest BCUT2D eigenvalue weighted by Gasteiger charge is -2.20. The predicted molar refractivity (Wildman–Crippen MR) is 116 cm³/mol. The van der Waals surface area contributed by atoms with Gasteiger partial charge in [-0.1, -0.05) is 6.92 Å². The lowest BCUT2D eigenvalue weighted by molar-refractivity contribution is -0.116. The van der Waals surface area contributed by atoms with Crippen LogP contribution in [0.3, 0.4) is 0 Å². The molecule has 0 saturated heterocycles. The number of amides is 2. The van der Waals surface area contributed by atoms with Crippen molar-refractivity contribution in [1.29, 1.82) is 0 Å². The standard InChI is InChI=1S/C21H25N3O6S/c1-4-24(14-20(26)23-18-10-8-17(9-11-18)22-15(3)25)31(28,29)19-12-6-16(7-13-19)21(27)30-5-2/h6-13H,4-5,14H2,1-3H3,(H,22,25)(H,23,26). The second kappa shape index (κ2) is 10.7. The molecule has 0 atom stereocenters. The van der Waals surface area contributed by atoms with Crippen molar-refractivity contribution >= 4 is 39.2 Å². The highest BCUT2D eigenvalue weighted by Gasteiger charge is 2.25. The summed E-state index contributed by atoms with van der Waals surface area (Å²) in [6, 6.07) is 11.8. The molecule has 0 unspecified atom stereocenters. The summed E-state index contributed by atoms with van der Waals surface area (Å²) in [4.78, 5) is 35.1. The van der Waals surface area contributed by atoms with E-state index in [0.29, 0.717) is 11.4 Å². The summed E-state index contributed by atoms with van der Waals surface area (Å²) in [6.45, 7) is 4.61. The van der Waals surface area contributed by atoms with E-state index < -0.39 is 21.9 Å². The first-order valence-electron chi connectivity index (χ1n) is 9.62. The van der Waals surface area contributed by atoms with Gasteiger partial charge in [0.25, 0.3) is 0 Å². The van der Waals surface area contributed by atoms with E-state index in [1.807, 2.05) is 0 Å². The number of esters is 1. The monoisotopic (exact) mass is 447 g/mol. The lowest BCUT2D eigenvalue weighted by Crippen LogP contribution is -2.37. The molecular formula is C21H25N3O6S. The van der Waals surface area contributed by atoms with Gasteiger partial charge in [-0.2, -0.15) is 4.31 Å². The number of anilines is 2. The molecule has 2 N–H and O–H groups in total. The van der Waals surface area contributed by atoms with Crippen LogP contribution in [0.4, 0.5) is 11.4 Å². The predicted octanol–water partition coefficient (Wildman–Crippen LogP) is 2.47. The summed E-state index contributed by atoms with van der Waals surface area (Å²) in [7, 11) is -3.94. The van der Waals surface area contributed by atoms with Crippen LogP contribution < -0.4 is 10.6 Å². The largest absolute Gasteiger partial charge is 0.462 e. The molecule has 9 nitrogen and oxygen atoms in total. The Hall–Kier alpha value is -3.24. The van der Waals surface area contributed by atoms with Gasteiger partial charge in [0, 0.05) is 24.8 Å². The van der Waals surface area contributed by atoms with E-state index in [2.05, 4.69) is 10.6 Å². The zero-order chi connectivity index (χ0) is 23.0. The van der Waals surface area contributed by atoms with Gasteiger partial charge in [-0.3, -0.25) is 9.59 Å². The van der Waals surface area contributed by atoms with Crippen LogP contribution in [0.2, 0.25) is 0 Å². The van der Waals surface area contributed by atoms with Gasteiger partial charge in [0.1, 0.15) is 0 Å². The van der Waals surface area contributed by atoms with Crippen molar-refractivity contribution in [1.82, 2.24) is 4.31 Å². The average molecular weight is 448 g/mol. The SMILES string of the molecule is CCOC(=O)c1ccc(S(=O)(=O)N(CC)CC(=O)Nc2ccc(NC(C)=O)cc2)cc1. The summed E-state index contributed by atoms with van der Waals surface area (Å²) in [5.74, 6) is -1.26. The summed E-state index contributed by atoms with van der Waals surface area (Å²) >= 11 is 0. The summed E-state index contributed by atoms with van der Waals surface area (Å²) in [5.41, 5.74) is 1.28. The molecule has 0 aliphatic carbocycles. The normalized spacial score (nSPS) is 11.1. The number of nitrogens with one attached hydrogen (secondary N) is 2. The van der Waals surface area contributed by atoms with Crippen LogP contribution in [0.1, 0.15) is 31.1 Å². The molecule has 0 bridgehead atoms. The first-order chi connectivity index (χ1) is 14.7. The van der Waals surface area contributed by atoms with Gasteiger partial charge in [-0.15, -0.1) is 0 Å². The van der Waals surface area contributed by atoms with E-state index in [1.54, 1.807) is 38.1 Å². The number of hydrogen-bond donors (Lipinski definition) is 2. The fourth-order valence-electron chi connectivity index (χ4n) is 2.69. The van der Waals surface area contributed by atoms with Gasteiger partial charge in [0.15, 0.2) is 0 Å². The highest BCUT2D eigenvalue weighted by molar-refractivity contribution is 7.89. The molecule has 0 saturated carbocycles. The number of ether oxygens (including phenoxy) is 1. The minimum Gasteiger partial charge on any atom is -0.462 e. The van der Waals surface area contributed by atoms with Gasteiger partial charge in [0.2, 0.25) is 21.8 Å². The molecule has 10 heteroatoms. The van der Waals surface area contributed by atoms with Crippen LogP contribution in [-0.2, 0) is 24.3 Å². The average Bonchev–Trinajstić information content (AvgIpc) is 2.73. The third-order valence-corrected chi connectivity index (χ3v) is 6.10. The highest BCUT2D eigenvalue weighted by atomic mass is 32.2. The molecule has 2 rings (SSSR count). The van der Waals surface area contributed by atoms with Gasteiger partial charge in [0.05, 0.1) is 23.6 Å². The highest BCUT2D eigenvalue weighted by Crippen LogP contribution is 2.18. The summed E-state index contributed by atoms with van der Waals surface area (Å²) in [5, 5.41) is 5.24. The maximum atomic E-state index is 12.9. The van der Waals surface area contributed by atoms with Crippen LogP contribution in [0.5, 0.6) is 0 Å². The van der Waals surface area contributed by atoms with Crippen molar-refractivity contribution in [3.63, 3.8) is 0 Å². The maximum Gasteiger partial charge on any atom is 0.338 e. The van der Waals surface area contributed by atoms with Crippen molar-refractivity contribution < 1.29 is 27.5 Å². The van der Waals surface area contributed by atoms with Crippen molar-refractivity contribution in [3.8, 4) is 0 Å². The topological polar surface area (TPSA) is 122 Å². The summed E-state index contributed by atoms with van der Waals surface area (Å²) < 4.78 is 31.7. The smallest absolute Gasteiger partial charge is 0.338 e. The number of carbonyl (C=O) groups excluding carboxylic acids is 3. The minimum absolute atomic E-state index is 0.0325. The molecule has 0 aliphatic rings. The number of hydrogen-bond acceptors (Lipinski definition) is 6. The third kappa shape index (κ3) is 6.63. The van der Waals surface area contributed by atoms with E-state index in [4.69, 9.17) is 4.74 Å². The van der Waals surface area contributed by atoms with Gasteiger partial charge in [-0.05, 0) is 55.5 Å². The molecular weight excluding hydrogens is 422 g/mol. The Morgan fingerprint density at radius 3 is 1.94 bits per heavy atom. The van der Waals surface area contributed by atoms with Crippen LogP contribution in [0.15, 0.2) is 53.4 Å². The van der Waals surface area contributed by atoms with E-state index in [0.717, 1.165) is 4.31 Å². The van der Waals surface area contributed by atoms with Crippen molar-refractivity contribution in [2.24, 2.45) is 0 Å². The Bertz CT molecular complexity index is 1030. The minimum atomic E-state index is -3.94. The fourth-order valence-corrected chi connectivity index (χ4v) is 4.10. The third-order valence-electron chi connectivity index (χ3n) is 4.16. The molecule has 0 spiro atoms. The Balaban J connectivity index is 2.07.